The average molecular weight is 431 g/mol. The van der Waals surface area contributed by atoms with Crippen LogP contribution in [0.25, 0.3) is 22.2 Å². The Bertz CT molecular complexity index is 1170. The zero-order valence-electron chi connectivity index (χ0n) is 18.6. The number of aryl methyl sites for hydroxylation is 1. The van der Waals surface area contributed by atoms with Crippen LogP contribution in [0.3, 0.4) is 0 Å². The van der Waals surface area contributed by atoms with E-state index in [1.165, 1.54) is 39.6 Å². The predicted molar refractivity (Wildman–Crippen MR) is 124 cm³/mol. The lowest BCUT2D eigenvalue weighted by molar-refractivity contribution is -0.136. The van der Waals surface area contributed by atoms with Gasteiger partial charge >= 0.3 is 0 Å². The zero-order chi connectivity index (χ0) is 21.7. The first-order chi connectivity index (χ1) is 15.7. The molecule has 32 heavy (non-hydrogen) atoms. The van der Waals surface area contributed by atoms with Crippen LogP contribution in [0.1, 0.15) is 47.6 Å². The van der Waals surface area contributed by atoms with Crippen molar-refractivity contribution in [1.82, 2.24) is 20.2 Å². The molecule has 6 nitrogen and oxygen atoms in total. The molecule has 5 heterocycles. The first-order valence-corrected chi connectivity index (χ1v) is 11.9. The fraction of sp³-hybridized carbons (Fsp3) is 0.462. The molecule has 2 atom stereocenters. The molecule has 1 unspecified atom stereocenters. The number of amides is 1. The molecule has 6 rings (SSSR count). The van der Waals surface area contributed by atoms with Gasteiger partial charge in [-0.05, 0) is 79.1 Å². The maximum Gasteiger partial charge on any atom is 0.228 e. The van der Waals surface area contributed by atoms with Gasteiger partial charge in [-0.1, -0.05) is 6.07 Å². The molecular formula is C26H30N4O2. The molecule has 1 aromatic carbocycles. The van der Waals surface area contributed by atoms with Crippen molar-refractivity contribution >= 4 is 16.9 Å². The van der Waals surface area contributed by atoms with E-state index in [2.05, 4.69) is 45.3 Å². The normalized spacial score (nSPS) is 23.1. The van der Waals surface area contributed by atoms with Gasteiger partial charge in [0, 0.05) is 49.1 Å². The summed E-state index contributed by atoms with van der Waals surface area (Å²) in [5.74, 6) is 0.298. The third-order valence-electron chi connectivity index (χ3n) is 7.47. The van der Waals surface area contributed by atoms with Gasteiger partial charge in [-0.15, -0.1) is 0 Å². The van der Waals surface area contributed by atoms with E-state index < -0.39 is 0 Å². The van der Waals surface area contributed by atoms with E-state index in [9.17, 15) is 4.79 Å². The maximum atomic E-state index is 13.1. The number of carbonyl (C=O) groups excluding carboxylic acids is 1. The first kappa shape index (κ1) is 19.9. The second-order valence-corrected chi connectivity index (χ2v) is 9.51. The van der Waals surface area contributed by atoms with Crippen LogP contribution in [-0.2, 0) is 22.5 Å². The molecule has 6 heteroatoms. The lowest BCUT2D eigenvalue weighted by Gasteiger charge is -2.33. The summed E-state index contributed by atoms with van der Waals surface area (Å²) in [6.07, 6.45) is 8.09. The van der Waals surface area contributed by atoms with Crippen LogP contribution in [0.2, 0.25) is 0 Å². The van der Waals surface area contributed by atoms with E-state index in [0.717, 1.165) is 43.6 Å². The minimum Gasteiger partial charge on any atom is -0.381 e. The standard InChI is InChI=1S/C26H30N4O2/c1-16-12-28-25-21(16)11-20(13-29-25)19-9-17-4-7-30(26(31)18-5-8-32-15-18)14-23(17)22(10-19)24-3-2-6-27-24/h9-13,18,24,27H,2-8,14-15H2,1H3,(H,28,29)/t18?,24-/m0/s1. The van der Waals surface area contributed by atoms with E-state index in [0.29, 0.717) is 25.8 Å². The molecule has 0 spiro atoms. The first-order valence-electron chi connectivity index (χ1n) is 11.9. The second kappa shape index (κ2) is 8.01. The van der Waals surface area contributed by atoms with Crippen molar-refractivity contribution in [2.45, 2.75) is 45.2 Å². The van der Waals surface area contributed by atoms with Crippen LogP contribution in [0.5, 0.6) is 0 Å². The number of hydrogen-bond donors (Lipinski definition) is 2. The van der Waals surface area contributed by atoms with Crippen LogP contribution >= 0.6 is 0 Å². The lowest BCUT2D eigenvalue weighted by Crippen LogP contribution is -2.40. The topological polar surface area (TPSA) is 70.2 Å². The highest BCUT2D eigenvalue weighted by Gasteiger charge is 2.32. The number of aromatic amines is 1. The second-order valence-electron chi connectivity index (χ2n) is 9.51. The summed E-state index contributed by atoms with van der Waals surface area (Å²) in [5.41, 5.74) is 8.63. The highest BCUT2D eigenvalue weighted by molar-refractivity contribution is 5.85. The molecule has 3 aliphatic heterocycles. The summed E-state index contributed by atoms with van der Waals surface area (Å²) in [7, 11) is 0. The van der Waals surface area contributed by atoms with E-state index in [1.54, 1.807) is 0 Å². The largest absolute Gasteiger partial charge is 0.381 e. The Balaban J connectivity index is 1.39. The van der Waals surface area contributed by atoms with Gasteiger partial charge in [-0.25, -0.2) is 4.98 Å². The van der Waals surface area contributed by atoms with Gasteiger partial charge in [0.2, 0.25) is 5.91 Å². The summed E-state index contributed by atoms with van der Waals surface area (Å²) in [6, 6.07) is 7.29. The van der Waals surface area contributed by atoms with Crippen molar-refractivity contribution in [3.63, 3.8) is 0 Å². The molecule has 0 saturated carbocycles. The maximum absolute atomic E-state index is 13.1. The van der Waals surface area contributed by atoms with Crippen LogP contribution in [0, 0.1) is 12.8 Å². The monoisotopic (exact) mass is 430 g/mol. The Morgan fingerprint density at radius 1 is 1.22 bits per heavy atom. The van der Waals surface area contributed by atoms with Gasteiger partial charge in [0.15, 0.2) is 0 Å². The summed E-state index contributed by atoms with van der Waals surface area (Å²) < 4.78 is 5.48. The number of hydrogen-bond acceptors (Lipinski definition) is 4. The van der Waals surface area contributed by atoms with E-state index in [1.807, 2.05) is 12.4 Å². The summed E-state index contributed by atoms with van der Waals surface area (Å²) in [4.78, 5) is 23.1. The quantitative estimate of drug-likeness (QED) is 0.662. The Morgan fingerprint density at radius 3 is 2.97 bits per heavy atom. The number of carbonyl (C=O) groups is 1. The Hall–Kier alpha value is -2.70. The van der Waals surface area contributed by atoms with Gasteiger partial charge in [0.25, 0.3) is 0 Å². The number of H-pyrrole nitrogens is 1. The smallest absolute Gasteiger partial charge is 0.228 e. The summed E-state index contributed by atoms with van der Waals surface area (Å²) in [6.45, 7) is 5.96. The third-order valence-corrected chi connectivity index (χ3v) is 7.47. The van der Waals surface area contributed by atoms with Crippen LogP contribution in [0.4, 0.5) is 0 Å². The fourth-order valence-corrected chi connectivity index (χ4v) is 5.59. The van der Waals surface area contributed by atoms with Crippen molar-refractivity contribution in [2.75, 3.05) is 26.3 Å². The molecule has 3 aliphatic rings. The molecule has 0 bridgehead atoms. The van der Waals surface area contributed by atoms with Crippen LogP contribution in [-0.4, -0.2) is 47.1 Å². The van der Waals surface area contributed by atoms with Crippen LogP contribution in [0.15, 0.2) is 30.6 Å². The van der Waals surface area contributed by atoms with Crippen molar-refractivity contribution in [2.24, 2.45) is 5.92 Å². The predicted octanol–water partition coefficient (Wildman–Crippen LogP) is 3.88. The van der Waals surface area contributed by atoms with Gasteiger partial charge in [-0.2, -0.15) is 0 Å². The van der Waals surface area contributed by atoms with E-state index in [4.69, 9.17) is 4.74 Å². The zero-order valence-corrected chi connectivity index (χ0v) is 18.6. The van der Waals surface area contributed by atoms with Crippen molar-refractivity contribution in [1.29, 1.82) is 0 Å². The highest BCUT2D eigenvalue weighted by atomic mass is 16.5. The van der Waals surface area contributed by atoms with E-state index in [-0.39, 0.29) is 11.8 Å². The molecule has 166 valence electrons. The summed E-state index contributed by atoms with van der Waals surface area (Å²) >= 11 is 0. The summed E-state index contributed by atoms with van der Waals surface area (Å²) in [5, 5.41) is 4.87. The lowest BCUT2D eigenvalue weighted by atomic mass is 9.86. The molecule has 0 aliphatic carbocycles. The van der Waals surface area contributed by atoms with Crippen LogP contribution < -0.4 is 5.32 Å². The Kier molecular flexibility index (Phi) is 5.00. The molecule has 2 fully saturated rings. The fourth-order valence-electron chi connectivity index (χ4n) is 5.59. The Morgan fingerprint density at radius 2 is 2.16 bits per heavy atom. The minimum absolute atomic E-state index is 0.0336. The molecule has 0 radical (unpaired) electrons. The van der Waals surface area contributed by atoms with Gasteiger partial charge in [-0.3, -0.25) is 4.79 Å². The average Bonchev–Trinajstić information content (AvgIpc) is 3.60. The number of fused-ring (bicyclic) bond motifs is 2. The SMILES string of the molecule is Cc1c[nH]c2ncc(-c3cc4c(c([C@@H]5CCCN5)c3)CN(C(=O)C3CCOC3)CC4)cc12. The molecule has 1 amide bonds. The van der Waals surface area contributed by atoms with Crippen molar-refractivity contribution in [3.05, 3.63) is 52.8 Å². The number of rotatable bonds is 3. The molecular weight excluding hydrogens is 400 g/mol. The van der Waals surface area contributed by atoms with Crippen molar-refractivity contribution in [3.8, 4) is 11.1 Å². The number of nitrogens with zero attached hydrogens (tertiary/aromatic N) is 2. The molecule has 3 aromatic rings. The number of ether oxygens (including phenoxy) is 1. The van der Waals surface area contributed by atoms with E-state index >= 15 is 0 Å². The number of benzene rings is 1. The highest BCUT2D eigenvalue weighted by Crippen LogP contribution is 2.36. The molecule has 2 saturated heterocycles. The number of aromatic nitrogens is 2. The van der Waals surface area contributed by atoms with Gasteiger partial charge in [0.1, 0.15) is 5.65 Å². The van der Waals surface area contributed by atoms with Crippen molar-refractivity contribution < 1.29 is 9.53 Å². The molecule has 2 aromatic heterocycles. The molecule has 2 N–H and O–H groups in total. The minimum atomic E-state index is 0.0336. The number of nitrogens with one attached hydrogen (secondary N) is 2. The third kappa shape index (κ3) is 3.42. The van der Waals surface area contributed by atoms with Gasteiger partial charge in [0.05, 0.1) is 12.5 Å². The Labute approximate surface area is 188 Å². The van der Waals surface area contributed by atoms with Gasteiger partial charge < -0.3 is 19.9 Å². The number of pyridine rings is 1.